The maximum Gasteiger partial charge on any atom is 0.0499 e. The second-order valence-electron chi connectivity index (χ2n) is 6.75. The second kappa shape index (κ2) is 5.26. The van der Waals surface area contributed by atoms with Crippen LogP contribution in [0.5, 0.6) is 0 Å². The Labute approximate surface area is 116 Å². The van der Waals surface area contributed by atoms with Gasteiger partial charge in [-0.1, -0.05) is 44.0 Å². The molecule has 2 aliphatic rings. The van der Waals surface area contributed by atoms with E-state index in [9.17, 15) is 5.11 Å². The van der Waals surface area contributed by atoms with E-state index < -0.39 is 0 Å². The summed E-state index contributed by atoms with van der Waals surface area (Å²) in [7, 11) is 0. The molecule has 0 unspecified atom stereocenters. The topological polar surface area (TPSA) is 23.5 Å². The third-order valence-corrected chi connectivity index (χ3v) is 5.14. The van der Waals surface area contributed by atoms with E-state index in [4.69, 9.17) is 0 Å². The molecule has 1 aliphatic carbocycles. The summed E-state index contributed by atoms with van der Waals surface area (Å²) in [5, 5.41) is 9.88. The van der Waals surface area contributed by atoms with Crippen LogP contribution in [0.2, 0.25) is 0 Å². The van der Waals surface area contributed by atoms with Crippen molar-refractivity contribution in [2.45, 2.75) is 45.7 Å². The molecule has 1 fully saturated rings. The van der Waals surface area contributed by atoms with Crippen molar-refractivity contribution in [2.24, 2.45) is 11.3 Å². The summed E-state index contributed by atoms with van der Waals surface area (Å²) >= 11 is 0. The van der Waals surface area contributed by atoms with E-state index >= 15 is 0 Å². The van der Waals surface area contributed by atoms with Crippen LogP contribution in [0, 0.1) is 11.3 Å². The lowest BCUT2D eigenvalue weighted by molar-refractivity contribution is 0.0281. The van der Waals surface area contributed by atoms with Gasteiger partial charge in [0.25, 0.3) is 0 Å². The first-order valence-electron chi connectivity index (χ1n) is 7.61. The summed E-state index contributed by atoms with van der Waals surface area (Å²) in [5.74, 6) is 0.843. The van der Waals surface area contributed by atoms with Crippen molar-refractivity contribution >= 4 is 0 Å². The van der Waals surface area contributed by atoms with Gasteiger partial charge < -0.3 is 5.11 Å². The monoisotopic (exact) mass is 259 g/mol. The van der Waals surface area contributed by atoms with Crippen LogP contribution in [0.4, 0.5) is 0 Å². The fourth-order valence-electron chi connectivity index (χ4n) is 3.73. The SMILES string of the molecule is CC1CCC(CO)(CN2Cc3ccccc3C2)CC1. The molecule has 3 rings (SSSR count). The minimum atomic E-state index is 0.161. The lowest BCUT2D eigenvalue weighted by Crippen LogP contribution is -2.40. The largest absolute Gasteiger partial charge is 0.396 e. The molecule has 0 atom stereocenters. The molecule has 0 spiro atoms. The average molecular weight is 259 g/mol. The Morgan fingerprint density at radius 2 is 1.74 bits per heavy atom. The molecular weight excluding hydrogens is 234 g/mol. The highest BCUT2D eigenvalue weighted by atomic mass is 16.3. The summed E-state index contributed by atoms with van der Waals surface area (Å²) in [5.41, 5.74) is 3.11. The molecule has 0 amide bonds. The molecule has 1 heterocycles. The molecule has 1 aromatic carbocycles. The molecule has 2 heteroatoms. The van der Waals surface area contributed by atoms with Crippen LogP contribution in [-0.2, 0) is 13.1 Å². The first kappa shape index (κ1) is 13.1. The zero-order chi connectivity index (χ0) is 13.3. The van der Waals surface area contributed by atoms with Crippen LogP contribution in [0.3, 0.4) is 0 Å². The smallest absolute Gasteiger partial charge is 0.0499 e. The summed E-state index contributed by atoms with van der Waals surface area (Å²) < 4.78 is 0. The highest BCUT2D eigenvalue weighted by Gasteiger charge is 2.36. The lowest BCUT2D eigenvalue weighted by Gasteiger charge is -2.40. The predicted octanol–water partition coefficient (Wildman–Crippen LogP) is 3.19. The van der Waals surface area contributed by atoms with Gasteiger partial charge in [0.2, 0.25) is 0 Å². The van der Waals surface area contributed by atoms with Crippen LogP contribution in [-0.4, -0.2) is 23.2 Å². The minimum Gasteiger partial charge on any atom is -0.396 e. The van der Waals surface area contributed by atoms with E-state index in [1.807, 2.05) is 0 Å². The maximum atomic E-state index is 9.88. The van der Waals surface area contributed by atoms with Gasteiger partial charge in [0.05, 0.1) is 0 Å². The maximum absolute atomic E-state index is 9.88. The Bertz CT molecular complexity index is 410. The minimum absolute atomic E-state index is 0.161. The molecule has 0 radical (unpaired) electrons. The fraction of sp³-hybridized carbons (Fsp3) is 0.647. The Hall–Kier alpha value is -0.860. The van der Waals surface area contributed by atoms with E-state index in [0.717, 1.165) is 25.6 Å². The highest BCUT2D eigenvalue weighted by molar-refractivity contribution is 5.30. The molecule has 19 heavy (non-hydrogen) atoms. The number of rotatable bonds is 3. The van der Waals surface area contributed by atoms with Crippen LogP contribution in [0.15, 0.2) is 24.3 Å². The van der Waals surface area contributed by atoms with Gasteiger partial charge in [0, 0.05) is 31.7 Å². The van der Waals surface area contributed by atoms with Crippen LogP contribution >= 0.6 is 0 Å². The molecule has 104 valence electrons. The Morgan fingerprint density at radius 3 is 2.26 bits per heavy atom. The molecule has 0 aromatic heterocycles. The van der Waals surface area contributed by atoms with Gasteiger partial charge in [-0.2, -0.15) is 0 Å². The Morgan fingerprint density at radius 1 is 1.16 bits per heavy atom. The van der Waals surface area contributed by atoms with Crippen LogP contribution in [0.25, 0.3) is 0 Å². The molecular formula is C17H25NO. The van der Waals surface area contributed by atoms with Gasteiger partial charge in [-0.05, 0) is 29.9 Å². The van der Waals surface area contributed by atoms with Gasteiger partial charge >= 0.3 is 0 Å². The van der Waals surface area contributed by atoms with E-state index in [2.05, 4.69) is 36.1 Å². The van der Waals surface area contributed by atoms with Crippen LogP contribution in [0.1, 0.15) is 43.7 Å². The first-order valence-corrected chi connectivity index (χ1v) is 7.61. The molecule has 0 saturated heterocycles. The van der Waals surface area contributed by atoms with E-state index in [1.165, 1.54) is 36.8 Å². The van der Waals surface area contributed by atoms with Gasteiger partial charge in [-0.3, -0.25) is 4.90 Å². The quantitative estimate of drug-likeness (QED) is 0.901. The summed E-state index contributed by atoms with van der Waals surface area (Å²) in [6, 6.07) is 8.74. The van der Waals surface area contributed by atoms with Crippen molar-refractivity contribution in [1.82, 2.24) is 4.90 Å². The zero-order valence-electron chi connectivity index (χ0n) is 11.9. The van der Waals surface area contributed by atoms with Crippen molar-refractivity contribution < 1.29 is 5.11 Å². The Balaban J connectivity index is 1.66. The fourth-order valence-corrected chi connectivity index (χ4v) is 3.73. The molecule has 1 aromatic rings. The van der Waals surface area contributed by atoms with Crippen molar-refractivity contribution in [1.29, 1.82) is 0 Å². The molecule has 1 saturated carbocycles. The summed E-state index contributed by atoms with van der Waals surface area (Å²) in [6.07, 6.45) is 4.94. The number of benzene rings is 1. The zero-order valence-corrected chi connectivity index (χ0v) is 11.9. The predicted molar refractivity (Wildman–Crippen MR) is 77.7 cm³/mol. The van der Waals surface area contributed by atoms with Crippen molar-refractivity contribution in [2.75, 3.05) is 13.2 Å². The van der Waals surface area contributed by atoms with Crippen molar-refractivity contribution in [3.05, 3.63) is 35.4 Å². The Kier molecular flexibility index (Phi) is 3.64. The van der Waals surface area contributed by atoms with Gasteiger partial charge in [-0.25, -0.2) is 0 Å². The highest BCUT2D eigenvalue weighted by Crippen LogP contribution is 2.40. The number of aliphatic hydroxyl groups excluding tert-OH is 1. The number of hydrogen-bond acceptors (Lipinski definition) is 2. The average Bonchev–Trinajstić information content (AvgIpc) is 2.83. The molecule has 2 nitrogen and oxygen atoms in total. The summed E-state index contributed by atoms with van der Waals surface area (Å²) in [4.78, 5) is 2.52. The van der Waals surface area contributed by atoms with E-state index in [1.54, 1.807) is 0 Å². The van der Waals surface area contributed by atoms with Gasteiger partial charge in [0.15, 0.2) is 0 Å². The van der Waals surface area contributed by atoms with Crippen molar-refractivity contribution in [3.8, 4) is 0 Å². The summed E-state index contributed by atoms with van der Waals surface area (Å²) in [6.45, 7) is 5.88. The van der Waals surface area contributed by atoms with Gasteiger partial charge in [0.1, 0.15) is 0 Å². The molecule has 0 bridgehead atoms. The molecule has 1 N–H and O–H groups in total. The first-order chi connectivity index (χ1) is 9.21. The third kappa shape index (κ3) is 2.70. The third-order valence-electron chi connectivity index (χ3n) is 5.14. The molecule has 1 aliphatic heterocycles. The number of fused-ring (bicyclic) bond motifs is 1. The number of aliphatic hydroxyl groups is 1. The lowest BCUT2D eigenvalue weighted by atomic mass is 9.71. The van der Waals surface area contributed by atoms with Crippen molar-refractivity contribution in [3.63, 3.8) is 0 Å². The standard InChI is InChI=1S/C17H25NO/c1-14-6-8-17(13-19,9-7-14)12-18-10-15-4-2-3-5-16(15)11-18/h2-5,14,19H,6-13H2,1H3. The normalized spacial score (nSPS) is 31.4. The number of nitrogens with zero attached hydrogens (tertiary/aromatic N) is 1. The van der Waals surface area contributed by atoms with Crippen LogP contribution < -0.4 is 0 Å². The van der Waals surface area contributed by atoms with E-state index in [-0.39, 0.29) is 5.41 Å². The van der Waals surface area contributed by atoms with E-state index in [0.29, 0.717) is 6.61 Å². The second-order valence-corrected chi connectivity index (χ2v) is 6.75. The van der Waals surface area contributed by atoms with Gasteiger partial charge in [-0.15, -0.1) is 0 Å². The number of hydrogen-bond donors (Lipinski definition) is 1.